The zero-order valence-corrected chi connectivity index (χ0v) is 24.2. The Labute approximate surface area is 245 Å². The normalized spacial score (nSPS) is 36.6. The second-order valence-electron chi connectivity index (χ2n) is 10.5. The summed E-state index contributed by atoms with van der Waals surface area (Å²) >= 11 is 0. The van der Waals surface area contributed by atoms with Crippen molar-refractivity contribution in [1.29, 1.82) is 0 Å². The number of nitrogens with zero attached hydrogens (tertiary/aromatic N) is 7. The Morgan fingerprint density at radius 2 is 1.64 bits per heavy atom. The minimum atomic E-state index is -4.87. The third-order valence-electron chi connectivity index (χ3n) is 7.80. The maximum atomic E-state index is 13.1. The van der Waals surface area contributed by atoms with Crippen LogP contribution in [0.4, 0.5) is 11.8 Å². The molecule has 2 aliphatic heterocycles. The largest absolute Gasteiger partial charge is 0.472 e. The van der Waals surface area contributed by atoms with Crippen LogP contribution in [-0.2, 0) is 32.0 Å². The summed E-state index contributed by atoms with van der Waals surface area (Å²) < 4.78 is 56.4. The van der Waals surface area contributed by atoms with Crippen molar-refractivity contribution in [2.45, 2.75) is 49.5 Å². The number of phosphoric acid groups is 2. The Kier molecular flexibility index (Phi) is 7.09. The van der Waals surface area contributed by atoms with Gasteiger partial charge in [0.2, 0.25) is 5.95 Å². The molecule has 7 rings (SSSR count). The van der Waals surface area contributed by atoms with Gasteiger partial charge in [-0.15, -0.1) is 0 Å². The highest BCUT2D eigenvalue weighted by Gasteiger charge is 2.51. The number of fused-ring (bicyclic) bond motifs is 4. The van der Waals surface area contributed by atoms with Crippen molar-refractivity contribution < 1.29 is 46.9 Å². The average Bonchev–Trinajstić information content (AvgIpc) is 3.72. The first-order valence-corrected chi connectivity index (χ1v) is 16.2. The average molecular weight is 656 g/mol. The van der Waals surface area contributed by atoms with E-state index in [4.69, 9.17) is 34.3 Å². The van der Waals surface area contributed by atoms with Gasteiger partial charge >= 0.3 is 15.6 Å². The van der Waals surface area contributed by atoms with E-state index < -0.39 is 77.0 Å². The molecular weight excluding hydrogens is 630 g/mol. The molecule has 7 unspecified atom stereocenters. The van der Waals surface area contributed by atoms with E-state index in [1.165, 1.54) is 28.1 Å². The number of nitrogens with one attached hydrogen (secondary N) is 1. The number of phosphoric ester groups is 2. The zero-order chi connectivity index (χ0) is 31.0. The summed E-state index contributed by atoms with van der Waals surface area (Å²) in [6.07, 6.45) is -2.31. The van der Waals surface area contributed by atoms with E-state index in [-0.39, 0.29) is 41.3 Å². The Bertz CT molecular complexity index is 1900. The summed E-state index contributed by atoms with van der Waals surface area (Å²) in [4.78, 5) is 56.2. The molecule has 3 aliphatic rings. The first-order chi connectivity index (χ1) is 20.9. The van der Waals surface area contributed by atoms with Gasteiger partial charge < -0.3 is 35.7 Å². The van der Waals surface area contributed by atoms with Crippen molar-refractivity contribution in [3.8, 4) is 0 Å². The molecular formula is C21H26N10O11P2. The van der Waals surface area contributed by atoms with Crippen LogP contribution in [0.15, 0.2) is 23.8 Å². The molecule has 3 fully saturated rings. The van der Waals surface area contributed by atoms with Gasteiger partial charge in [0.05, 0.1) is 31.9 Å². The first kappa shape index (κ1) is 29.4. The molecule has 1 aliphatic carbocycles. The lowest BCUT2D eigenvalue weighted by Crippen LogP contribution is -2.34. The zero-order valence-electron chi connectivity index (χ0n) is 22.4. The number of aliphatic hydroxyl groups is 1. The van der Waals surface area contributed by atoms with Crippen molar-refractivity contribution in [1.82, 2.24) is 39.0 Å². The third-order valence-corrected chi connectivity index (χ3v) is 9.80. The van der Waals surface area contributed by atoms with Crippen molar-refractivity contribution in [2.75, 3.05) is 24.7 Å². The maximum Gasteiger partial charge on any atom is 0.472 e. The molecule has 21 nitrogen and oxygen atoms in total. The molecule has 1 saturated carbocycles. The molecule has 2 saturated heterocycles. The fourth-order valence-corrected chi connectivity index (χ4v) is 7.82. The van der Waals surface area contributed by atoms with Crippen molar-refractivity contribution in [3.05, 3.63) is 29.3 Å². The summed E-state index contributed by atoms with van der Waals surface area (Å²) in [5.41, 5.74) is 11.6. The standard InChI is InChI=1S/C21H26N10O11P2/c22-17-13-18(25-5-24-17)30(6-26-13)9-1-8-3-38-43(34,35)41-10-2-12(31-7-27-14-19(31)28-21(23)29-20(14)33)40-11(10)4-39-44(36,37)42-16(8)15(9)32/h5-12,15-16,32H,1-4H2,(H,34,35)(H,36,37)(H2,22,24,25)(H3,23,28,29,33)/t8?,9?,10-,11?,12-,15?,16?/m1/s1. The molecule has 9 atom stereocenters. The number of rotatable bonds is 2. The second kappa shape index (κ2) is 10.6. The van der Waals surface area contributed by atoms with Gasteiger partial charge in [0.25, 0.3) is 5.56 Å². The van der Waals surface area contributed by atoms with Crippen LogP contribution in [0.3, 0.4) is 0 Å². The highest BCUT2D eigenvalue weighted by molar-refractivity contribution is 7.47. The second-order valence-corrected chi connectivity index (χ2v) is 13.3. The molecule has 23 heteroatoms. The van der Waals surface area contributed by atoms with Crippen LogP contribution in [0, 0.1) is 5.92 Å². The minimum Gasteiger partial charge on any atom is -0.388 e. The van der Waals surface area contributed by atoms with E-state index in [1.54, 1.807) is 0 Å². The lowest BCUT2D eigenvalue weighted by atomic mass is 10.1. The van der Waals surface area contributed by atoms with Gasteiger partial charge in [0.1, 0.15) is 42.5 Å². The number of aromatic nitrogens is 8. The van der Waals surface area contributed by atoms with E-state index in [2.05, 4.69) is 29.9 Å². The number of aliphatic hydroxyl groups excluding tert-OH is 1. The third kappa shape index (κ3) is 5.20. The minimum absolute atomic E-state index is 0.0294. The molecule has 0 spiro atoms. The van der Waals surface area contributed by atoms with Crippen LogP contribution in [0.1, 0.15) is 25.1 Å². The van der Waals surface area contributed by atoms with E-state index in [0.29, 0.717) is 5.65 Å². The van der Waals surface area contributed by atoms with Crippen LogP contribution >= 0.6 is 15.6 Å². The van der Waals surface area contributed by atoms with Gasteiger partial charge in [-0.05, 0) is 6.42 Å². The first-order valence-electron chi connectivity index (χ1n) is 13.2. The number of hydrogen-bond donors (Lipinski definition) is 6. The Morgan fingerprint density at radius 3 is 2.45 bits per heavy atom. The van der Waals surface area contributed by atoms with Crippen molar-refractivity contribution in [2.24, 2.45) is 5.92 Å². The van der Waals surface area contributed by atoms with Crippen molar-refractivity contribution >= 4 is 49.7 Å². The predicted octanol–water partition coefficient (Wildman–Crippen LogP) is -0.649. The number of H-pyrrole nitrogens is 1. The Morgan fingerprint density at radius 1 is 0.909 bits per heavy atom. The number of anilines is 2. The van der Waals surface area contributed by atoms with Gasteiger partial charge in [-0.3, -0.25) is 32.4 Å². The number of nitrogens with two attached hydrogens (primary N) is 2. The summed E-state index contributed by atoms with van der Waals surface area (Å²) in [6.45, 7) is -1.13. The van der Waals surface area contributed by atoms with Crippen LogP contribution in [0.25, 0.3) is 22.3 Å². The molecule has 6 heterocycles. The maximum absolute atomic E-state index is 13.1. The molecule has 8 N–H and O–H groups in total. The smallest absolute Gasteiger partial charge is 0.388 e. The molecule has 236 valence electrons. The Balaban J connectivity index is 1.15. The monoisotopic (exact) mass is 656 g/mol. The molecule has 0 bridgehead atoms. The van der Waals surface area contributed by atoms with Crippen molar-refractivity contribution in [3.63, 3.8) is 0 Å². The number of imidazole rings is 2. The number of aromatic amines is 1. The molecule has 4 aromatic rings. The number of hydrogen-bond acceptors (Lipinski definition) is 16. The van der Waals surface area contributed by atoms with E-state index >= 15 is 0 Å². The molecule has 0 amide bonds. The topological polar surface area (TPSA) is 300 Å². The predicted molar refractivity (Wildman–Crippen MR) is 145 cm³/mol. The van der Waals surface area contributed by atoms with Crippen LogP contribution in [0.2, 0.25) is 0 Å². The van der Waals surface area contributed by atoms with E-state index in [0.717, 1.165) is 0 Å². The summed E-state index contributed by atoms with van der Waals surface area (Å²) in [5.74, 6) is -0.938. The molecule has 44 heavy (non-hydrogen) atoms. The van der Waals surface area contributed by atoms with Crippen LogP contribution < -0.4 is 17.0 Å². The highest BCUT2D eigenvalue weighted by atomic mass is 31.2. The van der Waals surface area contributed by atoms with Gasteiger partial charge in [-0.2, -0.15) is 4.98 Å². The van der Waals surface area contributed by atoms with E-state index in [9.17, 15) is 28.8 Å². The summed E-state index contributed by atoms with van der Waals surface area (Å²) in [7, 11) is -9.64. The lowest BCUT2D eigenvalue weighted by molar-refractivity contribution is -0.0585. The fraction of sp³-hybridized carbons (Fsp3) is 0.524. The number of ether oxygens (including phenoxy) is 1. The Hall–Kier alpha value is -3.36. The van der Waals surface area contributed by atoms with Gasteiger partial charge in [0.15, 0.2) is 22.6 Å². The highest BCUT2D eigenvalue weighted by Crippen LogP contribution is 2.55. The molecule has 0 radical (unpaired) electrons. The summed E-state index contributed by atoms with van der Waals surface area (Å²) in [6, 6.07) is -0.805. The van der Waals surface area contributed by atoms with Gasteiger partial charge in [-0.1, -0.05) is 0 Å². The van der Waals surface area contributed by atoms with Gasteiger partial charge in [0, 0.05) is 12.3 Å². The van der Waals surface area contributed by atoms with Crippen LogP contribution in [-0.4, -0.2) is 91.6 Å². The van der Waals surface area contributed by atoms with Crippen LogP contribution in [0.5, 0.6) is 0 Å². The molecule has 0 aromatic carbocycles. The summed E-state index contributed by atoms with van der Waals surface area (Å²) in [5, 5.41) is 11.2. The molecule has 4 aromatic heterocycles. The SMILES string of the molecule is Nc1nc2c(ncn2[C@H]2C[C@H]3OP(=O)(O)OCC4CC(n5cnc6c(N)ncnc65)C(O)C4OP(=O)(O)OCC3O2)c(=O)[nH]1. The fourth-order valence-electron chi connectivity index (χ4n) is 5.81. The van der Waals surface area contributed by atoms with E-state index in [1.807, 2.05) is 0 Å². The number of nitrogen functional groups attached to an aromatic ring is 2. The quantitative estimate of drug-likeness (QED) is 0.146. The lowest BCUT2D eigenvalue weighted by Gasteiger charge is -2.28. The van der Waals surface area contributed by atoms with Gasteiger partial charge in [-0.25, -0.2) is 29.1 Å².